The number of hydrogen-bond acceptors (Lipinski definition) is 2. The van der Waals surface area contributed by atoms with Crippen molar-refractivity contribution in [3.63, 3.8) is 0 Å². The Balaban J connectivity index is 0. The number of alkyl halides is 3. The van der Waals surface area contributed by atoms with Crippen molar-refractivity contribution in [1.29, 1.82) is 0 Å². The molecule has 0 radical (unpaired) electrons. The first-order valence-electron chi connectivity index (χ1n) is 4.57. The standard InChI is InChI=1S/C7H15N.C2HF3O2/c1-3-5-7-8-6-4-2;3-2(4,5)1(6)7/h4,8H,2-3,5-7H2,1H3;(H,6,7). The van der Waals surface area contributed by atoms with E-state index in [1.54, 1.807) is 0 Å². The van der Waals surface area contributed by atoms with E-state index in [0.717, 1.165) is 6.54 Å². The number of aliphatic carboxylic acids is 1. The number of unbranched alkanes of at least 4 members (excludes halogenated alkanes) is 1. The molecule has 0 rings (SSSR count). The number of halogens is 3. The largest absolute Gasteiger partial charge is 0.542 e. The van der Waals surface area contributed by atoms with Crippen molar-refractivity contribution in [3.8, 4) is 0 Å². The highest BCUT2D eigenvalue weighted by Gasteiger charge is 2.28. The highest BCUT2D eigenvalue weighted by Crippen LogP contribution is 2.11. The van der Waals surface area contributed by atoms with Gasteiger partial charge < -0.3 is 15.2 Å². The van der Waals surface area contributed by atoms with Crippen LogP contribution in [0, 0.1) is 0 Å². The van der Waals surface area contributed by atoms with Crippen LogP contribution in [0.1, 0.15) is 19.8 Å². The van der Waals surface area contributed by atoms with Gasteiger partial charge in [0.1, 0.15) is 5.97 Å². The lowest BCUT2D eigenvalue weighted by molar-refractivity contribution is -0.646. The van der Waals surface area contributed by atoms with Gasteiger partial charge >= 0.3 is 6.18 Å². The fraction of sp³-hybridized carbons (Fsp3) is 0.667. The van der Waals surface area contributed by atoms with Crippen LogP contribution in [0.3, 0.4) is 0 Å². The summed E-state index contributed by atoms with van der Waals surface area (Å²) in [7, 11) is 0. The smallest absolute Gasteiger partial charge is 0.430 e. The predicted molar refractivity (Wildman–Crippen MR) is 47.8 cm³/mol. The molecule has 0 aromatic rings. The first kappa shape index (κ1) is 16.4. The molecule has 0 bridgehead atoms. The van der Waals surface area contributed by atoms with Gasteiger partial charge in [-0.25, -0.2) is 0 Å². The Morgan fingerprint density at radius 2 is 2.00 bits per heavy atom. The van der Waals surface area contributed by atoms with Crippen molar-refractivity contribution < 1.29 is 28.4 Å². The van der Waals surface area contributed by atoms with Crippen LogP contribution in [0.4, 0.5) is 13.2 Å². The van der Waals surface area contributed by atoms with Crippen molar-refractivity contribution in [3.05, 3.63) is 12.7 Å². The predicted octanol–water partition coefficient (Wildman–Crippen LogP) is -0.165. The van der Waals surface area contributed by atoms with Crippen LogP contribution in [-0.2, 0) is 4.79 Å². The third kappa shape index (κ3) is 15.7. The minimum absolute atomic E-state index is 1.07. The molecule has 15 heavy (non-hydrogen) atoms. The summed E-state index contributed by atoms with van der Waals surface area (Å²) in [4.78, 5) is 8.78. The third-order valence-corrected chi connectivity index (χ3v) is 1.33. The molecule has 0 amide bonds. The molecule has 0 aromatic heterocycles. The molecule has 0 aliphatic rings. The highest BCUT2D eigenvalue weighted by molar-refractivity contribution is 5.70. The van der Waals surface area contributed by atoms with Gasteiger partial charge in [-0.05, 0) is 12.5 Å². The van der Waals surface area contributed by atoms with E-state index in [1.807, 2.05) is 6.08 Å². The van der Waals surface area contributed by atoms with Gasteiger partial charge in [0, 0.05) is 0 Å². The topological polar surface area (TPSA) is 56.7 Å². The van der Waals surface area contributed by atoms with Crippen LogP contribution < -0.4 is 10.4 Å². The maximum absolute atomic E-state index is 10.5. The monoisotopic (exact) mass is 227 g/mol. The van der Waals surface area contributed by atoms with Gasteiger partial charge in [-0.3, -0.25) is 0 Å². The second kappa shape index (κ2) is 9.51. The van der Waals surface area contributed by atoms with Crippen LogP contribution in [-0.4, -0.2) is 25.2 Å². The summed E-state index contributed by atoms with van der Waals surface area (Å²) < 4.78 is 31.5. The Morgan fingerprint density at radius 3 is 2.27 bits per heavy atom. The number of carboxylic acid groups (broad SMARTS) is 1. The molecule has 0 aromatic carbocycles. The molecule has 6 heteroatoms. The molecule has 0 aliphatic carbocycles. The molecule has 3 nitrogen and oxygen atoms in total. The average molecular weight is 227 g/mol. The lowest BCUT2D eigenvalue weighted by Gasteiger charge is -2.03. The zero-order valence-corrected chi connectivity index (χ0v) is 8.64. The molecule has 0 atom stereocenters. The first-order chi connectivity index (χ1) is 6.86. The second-order valence-electron chi connectivity index (χ2n) is 2.74. The fourth-order valence-electron chi connectivity index (χ4n) is 0.584. The average Bonchev–Trinajstić information content (AvgIpc) is 2.12. The second-order valence-corrected chi connectivity index (χ2v) is 2.74. The molecule has 2 N–H and O–H groups in total. The summed E-state index contributed by atoms with van der Waals surface area (Å²) in [6.45, 7) is 8.16. The highest BCUT2D eigenvalue weighted by atomic mass is 19.4. The van der Waals surface area contributed by atoms with E-state index in [9.17, 15) is 13.2 Å². The van der Waals surface area contributed by atoms with Gasteiger partial charge in [-0.15, -0.1) is 0 Å². The minimum atomic E-state index is -5.19. The quantitative estimate of drug-likeness (QED) is 0.524. The number of carboxylic acids is 1. The molecule has 0 saturated carbocycles. The SMILES string of the molecule is C=CC[NH2+]CCCC.O=C([O-])C(F)(F)F. The van der Waals surface area contributed by atoms with E-state index >= 15 is 0 Å². The zero-order chi connectivity index (χ0) is 12.3. The van der Waals surface area contributed by atoms with Crippen LogP contribution >= 0.6 is 0 Å². The van der Waals surface area contributed by atoms with Gasteiger partial charge in [0.05, 0.1) is 13.1 Å². The Morgan fingerprint density at radius 1 is 1.53 bits per heavy atom. The van der Waals surface area contributed by atoms with Gasteiger partial charge in [-0.1, -0.05) is 19.9 Å². The fourth-order valence-corrected chi connectivity index (χ4v) is 0.584. The number of carbonyl (C=O) groups is 1. The molecule has 0 unspecified atom stereocenters. The lowest BCUT2D eigenvalue weighted by Crippen LogP contribution is -2.83. The normalized spacial score (nSPS) is 10.1. The number of quaternary nitrogens is 1. The Kier molecular flexibility index (Phi) is 10.4. The van der Waals surface area contributed by atoms with Crippen LogP contribution in [0.5, 0.6) is 0 Å². The van der Waals surface area contributed by atoms with Gasteiger partial charge in [0.15, 0.2) is 0 Å². The van der Waals surface area contributed by atoms with Crippen molar-refractivity contribution in [2.24, 2.45) is 0 Å². The van der Waals surface area contributed by atoms with Crippen molar-refractivity contribution in [2.75, 3.05) is 13.1 Å². The maximum atomic E-state index is 10.5. The van der Waals surface area contributed by atoms with E-state index in [2.05, 4.69) is 18.8 Å². The summed E-state index contributed by atoms with van der Waals surface area (Å²) in [6.07, 6.45) is -0.628. The number of rotatable bonds is 5. The van der Waals surface area contributed by atoms with E-state index < -0.39 is 12.1 Å². The Hall–Kier alpha value is -1.04. The molecule has 90 valence electrons. The number of hydrogen-bond donors (Lipinski definition) is 1. The summed E-state index contributed by atoms with van der Waals surface area (Å²) in [5.41, 5.74) is 0. The summed E-state index contributed by atoms with van der Waals surface area (Å²) in [5.74, 6) is -3.01. The van der Waals surface area contributed by atoms with E-state index in [1.165, 1.54) is 19.4 Å². The molecular weight excluding hydrogens is 211 g/mol. The summed E-state index contributed by atoms with van der Waals surface area (Å²) in [6, 6.07) is 0. The van der Waals surface area contributed by atoms with E-state index in [-0.39, 0.29) is 0 Å². The van der Waals surface area contributed by atoms with Gasteiger partial charge in [-0.2, -0.15) is 13.2 Å². The molecule has 0 fully saturated rings. The van der Waals surface area contributed by atoms with E-state index in [0.29, 0.717) is 0 Å². The number of carbonyl (C=O) groups excluding carboxylic acids is 1. The molecule has 0 aliphatic heterocycles. The summed E-state index contributed by atoms with van der Waals surface area (Å²) in [5, 5.41) is 11.1. The lowest BCUT2D eigenvalue weighted by atomic mass is 10.3. The summed E-state index contributed by atoms with van der Waals surface area (Å²) >= 11 is 0. The van der Waals surface area contributed by atoms with Gasteiger partial charge in [0.2, 0.25) is 0 Å². The van der Waals surface area contributed by atoms with Gasteiger partial charge in [0.25, 0.3) is 0 Å². The third-order valence-electron chi connectivity index (χ3n) is 1.33. The van der Waals surface area contributed by atoms with Crippen molar-refractivity contribution >= 4 is 5.97 Å². The number of nitrogens with two attached hydrogens (primary N) is 1. The van der Waals surface area contributed by atoms with Crippen molar-refractivity contribution in [2.45, 2.75) is 25.9 Å². The maximum Gasteiger partial charge on any atom is 0.430 e. The molecule has 0 heterocycles. The zero-order valence-electron chi connectivity index (χ0n) is 8.64. The van der Waals surface area contributed by atoms with Crippen molar-refractivity contribution in [1.82, 2.24) is 0 Å². The van der Waals surface area contributed by atoms with Crippen LogP contribution in [0.15, 0.2) is 12.7 Å². The Labute approximate surface area is 87.0 Å². The van der Waals surface area contributed by atoms with Crippen LogP contribution in [0.25, 0.3) is 0 Å². The minimum Gasteiger partial charge on any atom is -0.542 e. The van der Waals surface area contributed by atoms with E-state index in [4.69, 9.17) is 9.90 Å². The first-order valence-corrected chi connectivity index (χ1v) is 4.57. The Bertz CT molecular complexity index is 181. The molecule has 0 spiro atoms. The molecule has 0 saturated heterocycles. The molecular formula is C9H16F3NO2. The van der Waals surface area contributed by atoms with Crippen LogP contribution in [0.2, 0.25) is 0 Å².